The standard InChI is InChI=1S/C17H18INO2/c1-11-8-15(11)16-7-6-14(21-16)10-19(2)17(20)12-4-3-5-13(18)9-12/h3-7,9,11,15H,8,10H2,1-2H3. The van der Waals surface area contributed by atoms with Crippen molar-refractivity contribution in [1.82, 2.24) is 4.90 Å². The zero-order valence-electron chi connectivity index (χ0n) is 12.2. The number of carbonyl (C=O) groups is 1. The van der Waals surface area contributed by atoms with E-state index in [0.29, 0.717) is 18.0 Å². The van der Waals surface area contributed by atoms with E-state index in [9.17, 15) is 4.79 Å². The molecule has 1 aromatic heterocycles. The smallest absolute Gasteiger partial charge is 0.254 e. The van der Waals surface area contributed by atoms with Crippen LogP contribution in [0.2, 0.25) is 0 Å². The molecule has 1 aliphatic carbocycles. The normalized spacial score (nSPS) is 20.3. The number of rotatable bonds is 4. The van der Waals surface area contributed by atoms with Crippen molar-refractivity contribution >= 4 is 28.5 Å². The topological polar surface area (TPSA) is 33.5 Å². The molecule has 2 unspecified atom stereocenters. The molecule has 1 aliphatic rings. The van der Waals surface area contributed by atoms with Gasteiger partial charge in [0.15, 0.2) is 0 Å². The minimum atomic E-state index is 0.0197. The Hall–Kier alpha value is -1.30. The van der Waals surface area contributed by atoms with Crippen molar-refractivity contribution in [3.05, 3.63) is 57.1 Å². The average Bonchev–Trinajstić information content (AvgIpc) is 3.01. The summed E-state index contributed by atoms with van der Waals surface area (Å²) < 4.78 is 6.93. The molecule has 3 nitrogen and oxygen atoms in total. The van der Waals surface area contributed by atoms with Crippen LogP contribution >= 0.6 is 22.6 Å². The van der Waals surface area contributed by atoms with E-state index in [1.807, 2.05) is 43.4 Å². The maximum absolute atomic E-state index is 12.4. The molecule has 2 aromatic rings. The van der Waals surface area contributed by atoms with Gasteiger partial charge in [0.1, 0.15) is 11.5 Å². The van der Waals surface area contributed by atoms with Gasteiger partial charge in [-0.15, -0.1) is 0 Å². The third kappa shape index (κ3) is 3.31. The van der Waals surface area contributed by atoms with Gasteiger partial charge < -0.3 is 9.32 Å². The number of halogens is 1. The lowest BCUT2D eigenvalue weighted by molar-refractivity contribution is 0.0774. The van der Waals surface area contributed by atoms with E-state index in [2.05, 4.69) is 29.5 Å². The van der Waals surface area contributed by atoms with Gasteiger partial charge in [-0.05, 0) is 65.3 Å². The lowest BCUT2D eigenvalue weighted by Gasteiger charge is -2.16. The van der Waals surface area contributed by atoms with Crippen LogP contribution < -0.4 is 0 Å². The number of amides is 1. The predicted molar refractivity (Wildman–Crippen MR) is 90.2 cm³/mol. The molecule has 21 heavy (non-hydrogen) atoms. The number of benzene rings is 1. The quantitative estimate of drug-likeness (QED) is 0.725. The van der Waals surface area contributed by atoms with Crippen molar-refractivity contribution in [3.8, 4) is 0 Å². The van der Waals surface area contributed by atoms with Crippen LogP contribution in [0.4, 0.5) is 0 Å². The van der Waals surface area contributed by atoms with E-state index >= 15 is 0 Å². The molecule has 110 valence electrons. The summed E-state index contributed by atoms with van der Waals surface area (Å²) in [5.41, 5.74) is 0.715. The lowest BCUT2D eigenvalue weighted by atomic mass is 10.2. The Morgan fingerprint density at radius 3 is 2.81 bits per heavy atom. The van der Waals surface area contributed by atoms with E-state index in [1.165, 1.54) is 6.42 Å². The Bertz CT molecular complexity index is 664. The summed E-state index contributed by atoms with van der Waals surface area (Å²) in [7, 11) is 1.81. The van der Waals surface area contributed by atoms with Crippen LogP contribution in [0.15, 0.2) is 40.8 Å². The van der Waals surface area contributed by atoms with E-state index in [4.69, 9.17) is 4.42 Å². The van der Waals surface area contributed by atoms with Crippen LogP contribution in [-0.4, -0.2) is 17.9 Å². The molecule has 4 heteroatoms. The summed E-state index contributed by atoms with van der Waals surface area (Å²) >= 11 is 2.22. The second-order valence-corrected chi connectivity index (χ2v) is 7.04. The average molecular weight is 395 g/mol. The Morgan fingerprint density at radius 2 is 2.14 bits per heavy atom. The summed E-state index contributed by atoms with van der Waals surface area (Å²) in [6, 6.07) is 11.7. The molecule has 0 spiro atoms. The van der Waals surface area contributed by atoms with Gasteiger partial charge in [-0.25, -0.2) is 0 Å². The molecule has 1 aromatic carbocycles. The molecule has 0 bridgehead atoms. The summed E-state index contributed by atoms with van der Waals surface area (Å²) in [5, 5.41) is 0. The van der Waals surface area contributed by atoms with E-state index in [0.717, 1.165) is 21.0 Å². The van der Waals surface area contributed by atoms with Crippen molar-refractivity contribution in [2.45, 2.75) is 25.8 Å². The predicted octanol–water partition coefficient (Wildman–Crippen LogP) is 4.28. The second-order valence-electron chi connectivity index (χ2n) is 5.80. The maximum atomic E-state index is 12.4. The Kier molecular flexibility index (Phi) is 4.06. The zero-order chi connectivity index (χ0) is 15.0. The van der Waals surface area contributed by atoms with Crippen LogP contribution in [0.1, 0.15) is 41.1 Å². The van der Waals surface area contributed by atoms with E-state index < -0.39 is 0 Å². The van der Waals surface area contributed by atoms with Gasteiger partial charge >= 0.3 is 0 Å². The highest BCUT2D eigenvalue weighted by Gasteiger charge is 2.36. The minimum Gasteiger partial charge on any atom is -0.464 e. The first kappa shape index (κ1) is 14.6. The van der Waals surface area contributed by atoms with Crippen LogP contribution in [0.3, 0.4) is 0 Å². The highest BCUT2D eigenvalue weighted by atomic mass is 127. The molecule has 1 saturated carbocycles. The molecular formula is C17H18INO2. The molecule has 2 atom stereocenters. The fourth-order valence-corrected chi connectivity index (χ4v) is 3.09. The number of carbonyl (C=O) groups excluding carboxylic acids is 1. The highest BCUT2D eigenvalue weighted by Crippen LogP contribution is 2.47. The van der Waals surface area contributed by atoms with Gasteiger partial charge in [-0.3, -0.25) is 4.79 Å². The molecule has 0 N–H and O–H groups in total. The van der Waals surface area contributed by atoms with Crippen LogP contribution in [0.25, 0.3) is 0 Å². The number of hydrogen-bond acceptors (Lipinski definition) is 2. The van der Waals surface area contributed by atoms with Gasteiger partial charge in [0, 0.05) is 22.1 Å². The third-order valence-electron chi connectivity index (χ3n) is 3.97. The van der Waals surface area contributed by atoms with E-state index in [-0.39, 0.29) is 5.91 Å². The lowest BCUT2D eigenvalue weighted by Crippen LogP contribution is -2.26. The van der Waals surface area contributed by atoms with Gasteiger partial charge in [0.25, 0.3) is 5.91 Å². The molecule has 0 saturated heterocycles. The fraction of sp³-hybridized carbons (Fsp3) is 0.353. The first-order chi connectivity index (χ1) is 10.0. The molecule has 1 heterocycles. The van der Waals surface area contributed by atoms with Crippen molar-refractivity contribution < 1.29 is 9.21 Å². The van der Waals surface area contributed by atoms with Crippen molar-refractivity contribution in [2.75, 3.05) is 7.05 Å². The number of nitrogens with zero attached hydrogens (tertiary/aromatic N) is 1. The van der Waals surface area contributed by atoms with E-state index in [1.54, 1.807) is 4.90 Å². The first-order valence-corrected chi connectivity index (χ1v) is 8.22. The molecule has 3 rings (SSSR count). The number of furan rings is 1. The van der Waals surface area contributed by atoms with Crippen molar-refractivity contribution in [3.63, 3.8) is 0 Å². The summed E-state index contributed by atoms with van der Waals surface area (Å²) in [6.07, 6.45) is 1.21. The maximum Gasteiger partial charge on any atom is 0.254 e. The monoisotopic (exact) mass is 395 g/mol. The Morgan fingerprint density at radius 1 is 1.38 bits per heavy atom. The third-order valence-corrected chi connectivity index (χ3v) is 4.64. The molecule has 1 fully saturated rings. The van der Waals surface area contributed by atoms with Gasteiger partial charge in [0.2, 0.25) is 0 Å². The van der Waals surface area contributed by atoms with Gasteiger partial charge in [-0.2, -0.15) is 0 Å². The summed E-state index contributed by atoms with van der Waals surface area (Å²) in [4.78, 5) is 14.1. The molecule has 1 amide bonds. The SMILES string of the molecule is CC1CC1c1ccc(CN(C)C(=O)c2cccc(I)c2)o1. The summed E-state index contributed by atoms with van der Waals surface area (Å²) in [6.45, 7) is 2.74. The van der Waals surface area contributed by atoms with Crippen molar-refractivity contribution in [2.24, 2.45) is 5.92 Å². The van der Waals surface area contributed by atoms with Crippen molar-refractivity contribution in [1.29, 1.82) is 0 Å². The van der Waals surface area contributed by atoms with Crippen LogP contribution in [-0.2, 0) is 6.54 Å². The highest BCUT2D eigenvalue weighted by molar-refractivity contribution is 14.1. The summed E-state index contributed by atoms with van der Waals surface area (Å²) in [5.74, 6) is 3.25. The Balaban J connectivity index is 1.66. The Labute approximate surface area is 138 Å². The minimum absolute atomic E-state index is 0.0197. The first-order valence-electron chi connectivity index (χ1n) is 7.14. The zero-order valence-corrected chi connectivity index (χ0v) is 14.3. The van der Waals surface area contributed by atoms with Gasteiger partial charge in [0.05, 0.1) is 6.54 Å². The second kappa shape index (κ2) is 5.83. The van der Waals surface area contributed by atoms with Gasteiger partial charge in [-0.1, -0.05) is 13.0 Å². The molecule has 0 radical (unpaired) electrons. The number of hydrogen-bond donors (Lipinski definition) is 0. The fourth-order valence-electron chi connectivity index (χ4n) is 2.54. The molecular weight excluding hydrogens is 377 g/mol. The van der Waals surface area contributed by atoms with Crippen LogP contribution in [0, 0.1) is 9.49 Å². The largest absolute Gasteiger partial charge is 0.464 e. The van der Waals surface area contributed by atoms with Crippen LogP contribution in [0.5, 0.6) is 0 Å². The molecule has 0 aliphatic heterocycles.